The molecule has 1 aromatic carbocycles. The van der Waals surface area contributed by atoms with E-state index in [1.165, 1.54) is 6.92 Å². The molecule has 1 heterocycles. The number of primary amides is 1. The fourth-order valence-corrected chi connectivity index (χ4v) is 1.88. The number of anilines is 1. The van der Waals surface area contributed by atoms with E-state index in [2.05, 4.69) is 0 Å². The number of fused-ring (bicyclic) bond motifs is 1. The molecule has 0 unspecified atom stereocenters. The number of amides is 2. The Labute approximate surface area is 92.8 Å². The van der Waals surface area contributed by atoms with Crippen LogP contribution in [-0.4, -0.2) is 18.5 Å². The zero-order valence-electron chi connectivity index (χ0n) is 8.90. The van der Waals surface area contributed by atoms with E-state index in [1.807, 2.05) is 0 Å². The fourth-order valence-electron chi connectivity index (χ4n) is 1.88. The average molecular weight is 220 g/mol. The third-order valence-electron chi connectivity index (χ3n) is 2.55. The van der Waals surface area contributed by atoms with Gasteiger partial charge in [0.05, 0.1) is 0 Å². The lowest BCUT2D eigenvalue weighted by Gasteiger charge is -2.14. The minimum atomic E-state index is -0.832. The number of carbonyl (C=O) groups is 2. The Kier molecular flexibility index (Phi) is 2.52. The minimum Gasteiger partial charge on any atom is -0.410 e. The van der Waals surface area contributed by atoms with Gasteiger partial charge in [0.25, 0.3) is 0 Å². The largest absolute Gasteiger partial charge is 0.410 e. The first-order chi connectivity index (χ1) is 7.58. The third kappa shape index (κ3) is 1.84. The molecule has 5 heteroatoms. The topological polar surface area (TPSA) is 72.6 Å². The van der Waals surface area contributed by atoms with E-state index < -0.39 is 6.09 Å². The maximum absolute atomic E-state index is 11.3. The second-order valence-corrected chi connectivity index (χ2v) is 3.63. The van der Waals surface area contributed by atoms with Gasteiger partial charge in [-0.15, -0.1) is 0 Å². The first-order valence-corrected chi connectivity index (χ1v) is 4.96. The highest BCUT2D eigenvalue weighted by molar-refractivity contribution is 5.93. The van der Waals surface area contributed by atoms with Gasteiger partial charge in [0.1, 0.15) is 5.75 Å². The first-order valence-electron chi connectivity index (χ1n) is 4.96. The van der Waals surface area contributed by atoms with Gasteiger partial charge in [-0.3, -0.25) is 4.79 Å². The Morgan fingerprint density at radius 1 is 1.44 bits per heavy atom. The zero-order chi connectivity index (χ0) is 11.7. The Hall–Kier alpha value is -2.04. The molecule has 0 fully saturated rings. The van der Waals surface area contributed by atoms with Crippen molar-refractivity contribution in [1.29, 1.82) is 0 Å². The summed E-state index contributed by atoms with van der Waals surface area (Å²) >= 11 is 0. The van der Waals surface area contributed by atoms with Crippen molar-refractivity contribution in [3.05, 3.63) is 23.8 Å². The summed E-state index contributed by atoms with van der Waals surface area (Å²) in [5, 5.41) is 0. The van der Waals surface area contributed by atoms with Gasteiger partial charge in [-0.05, 0) is 30.2 Å². The number of hydrogen-bond acceptors (Lipinski definition) is 3. The summed E-state index contributed by atoms with van der Waals surface area (Å²) in [7, 11) is 0. The molecule has 2 N–H and O–H groups in total. The highest BCUT2D eigenvalue weighted by atomic mass is 16.5. The van der Waals surface area contributed by atoms with E-state index in [4.69, 9.17) is 10.5 Å². The number of carbonyl (C=O) groups excluding carboxylic acids is 2. The smallest absolute Gasteiger partial charge is 0.409 e. The lowest BCUT2D eigenvalue weighted by Crippen LogP contribution is -2.25. The molecule has 1 aliphatic heterocycles. The number of hydrogen-bond donors (Lipinski definition) is 1. The van der Waals surface area contributed by atoms with Gasteiger partial charge in [0, 0.05) is 19.2 Å². The van der Waals surface area contributed by atoms with Crippen LogP contribution in [0.2, 0.25) is 0 Å². The van der Waals surface area contributed by atoms with E-state index in [0.29, 0.717) is 12.3 Å². The van der Waals surface area contributed by atoms with Crippen LogP contribution in [0.3, 0.4) is 0 Å². The summed E-state index contributed by atoms with van der Waals surface area (Å²) < 4.78 is 4.77. The second kappa shape index (κ2) is 3.84. The lowest BCUT2D eigenvalue weighted by atomic mass is 10.1. The lowest BCUT2D eigenvalue weighted by molar-refractivity contribution is -0.116. The Morgan fingerprint density at radius 2 is 2.19 bits per heavy atom. The van der Waals surface area contributed by atoms with Gasteiger partial charge in [-0.25, -0.2) is 4.79 Å². The monoisotopic (exact) mass is 220 g/mol. The SMILES string of the molecule is CC(=O)N1CCc2cc(OC(N)=O)ccc21. The summed E-state index contributed by atoms with van der Waals surface area (Å²) in [4.78, 5) is 23.6. The van der Waals surface area contributed by atoms with Crippen molar-refractivity contribution in [2.75, 3.05) is 11.4 Å². The van der Waals surface area contributed by atoms with E-state index in [1.54, 1.807) is 23.1 Å². The van der Waals surface area contributed by atoms with E-state index >= 15 is 0 Å². The van der Waals surface area contributed by atoms with Crippen LogP contribution >= 0.6 is 0 Å². The predicted octanol–water partition coefficient (Wildman–Crippen LogP) is 1.05. The summed E-state index contributed by atoms with van der Waals surface area (Å²) in [6.07, 6.45) is -0.0633. The number of nitrogens with zero attached hydrogens (tertiary/aromatic N) is 1. The molecule has 16 heavy (non-hydrogen) atoms. The molecule has 0 saturated carbocycles. The highest BCUT2D eigenvalue weighted by Crippen LogP contribution is 2.31. The fraction of sp³-hybridized carbons (Fsp3) is 0.273. The van der Waals surface area contributed by atoms with Crippen LogP contribution in [-0.2, 0) is 11.2 Å². The molecule has 0 bridgehead atoms. The van der Waals surface area contributed by atoms with E-state index in [0.717, 1.165) is 17.7 Å². The molecule has 5 nitrogen and oxygen atoms in total. The Balaban J connectivity index is 2.29. The Morgan fingerprint density at radius 3 is 2.81 bits per heavy atom. The quantitative estimate of drug-likeness (QED) is 0.768. The molecule has 1 aromatic rings. The number of ether oxygens (including phenoxy) is 1. The van der Waals surface area contributed by atoms with Crippen molar-refractivity contribution in [1.82, 2.24) is 0 Å². The zero-order valence-corrected chi connectivity index (χ0v) is 8.90. The van der Waals surface area contributed by atoms with Gasteiger partial charge in [0.2, 0.25) is 5.91 Å². The molecule has 84 valence electrons. The molecule has 0 saturated heterocycles. The van der Waals surface area contributed by atoms with Crippen LogP contribution in [0.15, 0.2) is 18.2 Å². The van der Waals surface area contributed by atoms with Crippen LogP contribution in [0.1, 0.15) is 12.5 Å². The number of benzene rings is 1. The minimum absolute atomic E-state index is 0.0160. The molecule has 0 aromatic heterocycles. The third-order valence-corrected chi connectivity index (χ3v) is 2.55. The van der Waals surface area contributed by atoms with Crippen molar-refractivity contribution < 1.29 is 14.3 Å². The molecule has 0 aliphatic carbocycles. The molecular formula is C11H12N2O3. The van der Waals surface area contributed by atoms with Gasteiger partial charge < -0.3 is 15.4 Å². The van der Waals surface area contributed by atoms with Crippen LogP contribution in [0.4, 0.5) is 10.5 Å². The second-order valence-electron chi connectivity index (χ2n) is 3.63. The maximum atomic E-state index is 11.3. The van der Waals surface area contributed by atoms with E-state index in [9.17, 15) is 9.59 Å². The predicted molar refractivity (Wildman–Crippen MR) is 58.4 cm³/mol. The summed E-state index contributed by atoms with van der Waals surface area (Å²) in [5.41, 5.74) is 6.79. The Bertz CT molecular complexity index is 457. The van der Waals surface area contributed by atoms with Crippen molar-refractivity contribution in [3.8, 4) is 5.75 Å². The molecule has 2 rings (SSSR count). The van der Waals surface area contributed by atoms with Crippen molar-refractivity contribution >= 4 is 17.7 Å². The number of rotatable bonds is 1. The molecular weight excluding hydrogens is 208 g/mol. The summed E-state index contributed by atoms with van der Waals surface area (Å²) in [6, 6.07) is 5.13. The standard InChI is InChI=1S/C11H12N2O3/c1-7(14)13-5-4-8-6-9(16-11(12)15)2-3-10(8)13/h2-3,6H,4-5H2,1H3,(H2,12,15). The van der Waals surface area contributed by atoms with Crippen molar-refractivity contribution in [2.24, 2.45) is 5.73 Å². The summed E-state index contributed by atoms with van der Waals surface area (Å²) in [6.45, 7) is 2.20. The molecule has 0 atom stereocenters. The maximum Gasteiger partial charge on any atom is 0.409 e. The average Bonchev–Trinajstić information content (AvgIpc) is 2.59. The van der Waals surface area contributed by atoms with Crippen LogP contribution in [0.25, 0.3) is 0 Å². The molecule has 0 spiro atoms. The van der Waals surface area contributed by atoms with Crippen molar-refractivity contribution in [3.63, 3.8) is 0 Å². The van der Waals surface area contributed by atoms with Crippen LogP contribution in [0.5, 0.6) is 5.75 Å². The first kappa shape index (κ1) is 10.5. The highest BCUT2D eigenvalue weighted by Gasteiger charge is 2.22. The van der Waals surface area contributed by atoms with E-state index in [-0.39, 0.29) is 5.91 Å². The van der Waals surface area contributed by atoms with Crippen LogP contribution in [0, 0.1) is 0 Å². The molecule has 0 radical (unpaired) electrons. The number of nitrogens with two attached hydrogens (primary N) is 1. The van der Waals surface area contributed by atoms with Gasteiger partial charge in [-0.2, -0.15) is 0 Å². The van der Waals surface area contributed by atoms with Gasteiger partial charge in [-0.1, -0.05) is 0 Å². The molecule has 2 amide bonds. The molecule has 1 aliphatic rings. The van der Waals surface area contributed by atoms with Crippen LogP contribution < -0.4 is 15.4 Å². The summed E-state index contributed by atoms with van der Waals surface area (Å²) in [5.74, 6) is 0.430. The normalized spacial score (nSPS) is 13.4. The van der Waals surface area contributed by atoms with Gasteiger partial charge in [0.15, 0.2) is 0 Å². The van der Waals surface area contributed by atoms with Gasteiger partial charge >= 0.3 is 6.09 Å². The van der Waals surface area contributed by atoms with Crippen molar-refractivity contribution in [2.45, 2.75) is 13.3 Å².